The number of hydrogen-bond acceptors (Lipinski definition) is 6. The standard InChI is InChI=1S/C16H15FN4O2S/c1-9(22)6-14(23)20-21-16-15-12(18-8-19-16)7-13(24-15)10-2-4-11(17)5-3-10/h2-5,7-9,22H,6H2,1H3,(H,20,23)(H,18,19,21)/t9-/m0/s1. The van der Waals surface area contributed by atoms with Gasteiger partial charge in [-0.25, -0.2) is 14.4 Å². The van der Waals surface area contributed by atoms with Crippen LogP contribution in [0.15, 0.2) is 36.7 Å². The molecule has 0 aliphatic heterocycles. The molecule has 124 valence electrons. The molecule has 1 amide bonds. The van der Waals surface area contributed by atoms with Gasteiger partial charge in [-0.2, -0.15) is 0 Å². The second kappa shape index (κ2) is 6.90. The molecule has 0 saturated carbocycles. The highest BCUT2D eigenvalue weighted by Gasteiger charge is 2.12. The van der Waals surface area contributed by atoms with Gasteiger partial charge in [-0.3, -0.25) is 15.6 Å². The highest BCUT2D eigenvalue weighted by atomic mass is 32.1. The molecular formula is C16H15FN4O2S. The molecule has 6 nitrogen and oxygen atoms in total. The number of rotatable bonds is 5. The molecular weight excluding hydrogens is 331 g/mol. The van der Waals surface area contributed by atoms with E-state index < -0.39 is 6.10 Å². The summed E-state index contributed by atoms with van der Waals surface area (Å²) >= 11 is 1.44. The number of aliphatic hydroxyl groups excluding tert-OH is 1. The lowest BCUT2D eigenvalue weighted by molar-refractivity contribution is -0.122. The minimum atomic E-state index is -0.718. The summed E-state index contributed by atoms with van der Waals surface area (Å²) in [7, 11) is 0. The molecule has 3 N–H and O–H groups in total. The molecule has 1 atom stereocenters. The molecule has 1 aromatic carbocycles. The van der Waals surface area contributed by atoms with E-state index in [9.17, 15) is 14.3 Å². The third-order valence-electron chi connectivity index (χ3n) is 3.24. The molecule has 3 rings (SSSR count). The van der Waals surface area contributed by atoms with Crippen LogP contribution in [0.1, 0.15) is 13.3 Å². The molecule has 2 heterocycles. The Morgan fingerprint density at radius 2 is 2.08 bits per heavy atom. The van der Waals surface area contributed by atoms with Gasteiger partial charge in [0.2, 0.25) is 5.91 Å². The number of aromatic nitrogens is 2. The first kappa shape index (κ1) is 16.3. The summed E-state index contributed by atoms with van der Waals surface area (Å²) in [5, 5.41) is 9.20. The van der Waals surface area contributed by atoms with Gasteiger partial charge >= 0.3 is 0 Å². The summed E-state index contributed by atoms with van der Waals surface area (Å²) < 4.78 is 13.8. The molecule has 0 radical (unpaired) electrons. The molecule has 24 heavy (non-hydrogen) atoms. The lowest BCUT2D eigenvalue weighted by atomic mass is 10.2. The number of hydrazine groups is 1. The maximum absolute atomic E-state index is 13.1. The molecule has 0 saturated heterocycles. The Morgan fingerprint density at radius 3 is 2.79 bits per heavy atom. The van der Waals surface area contributed by atoms with Crippen molar-refractivity contribution in [3.05, 3.63) is 42.5 Å². The molecule has 0 fully saturated rings. The number of benzene rings is 1. The second-order valence-electron chi connectivity index (χ2n) is 5.28. The zero-order valence-electron chi connectivity index (χ0n) is 12.8. The van der Waals surface area contributed by atoms with E-state index in [0.717, 1.165) is 20.7 Å². The van der Waals surface area contributed by atoms with E-state index in [0.29, 0.717) is 5.82 Å². The van der Waals surface area contributed by atoms with Crippen molar-refractivity contribution in [3.63, 3.8) is 0 Å². The minimum absolute atomic E-state index is 0.00744. The van der Waals surface area contributed by atoms with Crippen LogP contribution in [0.4, 0.5) is 10.2 Å². The smallest absolute Gasteiger partial charge is 0.240 e. The molecule has 0 spiro atoms. The fraction of sp³-hybridized carbons (Fsp3) is 0.188. The van der Waals surface area contributed by atoms with Crippen LogP contribution in [0, 0.1) is 5.82 Å². The number of amides is 1. The minimum Gasteiger partial charge on any atom is -0.393 e. The highest BCUT2D eigenvalue weighted by Crippen LogP contribution is 2.35. The maximum Gasteiger partial charge on any atom is 0.240 e. The largest absolute Gasteiger partial charge is 0.393 e. The predicted molar refractivity (Wildman–Crippen MR) is 90.9 cm³/mol. The Hall–Kier alpha value is -2.58. The number of fused-ring (bicyclic) bond motifs is 1. The maximum atomic E-state index is 13.1. The average Bonchev–Trinajstić information content (AvgIpc) is 2.97. The van der Waals surface area contributed by atoms with E-state index in [1.807, 2.05) is 6.07 Å². The third kappa shape index (κ3) is 3.66. The quantitative estimate of drug-likeness (QED) is 0.618. The van der Waals surface area contributed by atoms with Crippen LogP contribution < -0.4 is 10.9 Å². The van der Waals surface area contributed by atoms with Crippen LogP contribution in [0.25, 0.3) is 20.7 Å². The van der Waals surface area contributed by atoms with Gasteiger partial charge < -0.3 is 5.11 Å². The summed E-state index contributed by atoms with van der Waals surface area (Å²) in [6.07, 6.45) is 0.670. The number of nitrogens with one attached hydrogen (secondary N) is 2. The Kier molecular flexibility index (Phi) is 4.68. The summed E-state index contributed by atoms with van der Waals surface area (Å²) in [5.41, 5.74) is 6.85. The Balaban J connectivity index is 1.85. The van der Waals surface area contributed by atoms with Crippen LogP contribution in [0.5, 0.6) is 0 Å². The molecule has 0 bridgehead atoms. The van der Waals surface area contributed by atoms with Gasteiger partial charge in [-0.15, -0.1) is 11.3 Å². The van der Waals surface area contributed by atoms with Crippen LogP contribution in [-0.4, -0.2) is 27.1 Å². The van der Waals surface area contributed by atoms with Crippen molar-refractivity contribution in [2.45, 2.75) is 19.4 Å². The lowest BCUT2D eigenvalue weighted by Gasteiger charge is -2.09. The number of carbonyl (C=O) groups is 1. The van der Waals surface area contributed by atoms with Gasteiger partial charge in [-0.05, 0) is 30.7 Å². The molecule has 0 aliphatic rings. The van der Waals surface area contributed by atoms with Gasteiger partial charge in [0.1, 0.15) is 12.1 Å². The second-order valence-corrected chi connectivity index (χ2v) is 6.33. The molecule has 0 aliphatic carbocycles. The fourth-order valence-electron chi connectivity index (χ4n) is 2.15. The molecule has 0 unspecified atom stereocenters. The monoisotopic (exact) mass is 346 g/mol. The van der Waals surface area contributed by atoms with Gasteiger partial charge in [0.15, 0.2) is 5.82 Å². The van der Waals surface area contributed by atoms with Crippen molar-refractivity contribution in [1.29, 1.82) is 0 Å². The van der Waals surface area contributed by atoms with Crippen molar-refractivity contribution in [2.24, 2.45) is 0 Å². The molecule has 3 aromatic rings. The SMILES string of the molecule is C[C@H](O)CC(=O)NNc1ncnc2cc(-c3ccc(F)cc3)sc12. The number of hydrogen-bond donors (Lipinski definition) is 3. The first-order valence-electron chi connectivity index (χ1n) is 7.26. The summed E-state index contributed by atoms with van der Waals surface area (Å²) in [6, 6.07) is 8.09. The number of aliphatic hydroxyl groups is 1. The van der Waals surface area contributed by atoms with Crippen LogP contribution in [0.2, 0.25) is 0 Å². The van der Waals surface area contributed by atoms with E-state index in [1.165, 1.54) is 36.7 Å². The van der Waals surface area contributed by atoms with E-state index >= 15 is 0 Å². The number of anilines is 1. The van der Waals surface area contributed by atoms with Crippen LogP contribution in [-0.2, 0) is 4.79 Å². The normalized spacial score (nSPS) is 12.1. The predicted octanol–water partition coefficient (Wildman–Crippen LogP) is 2.71. The zero-order valence-corrected chi connectivity index (χ0v) is 13.6. The van der Waals surface area contributed by atoms with Crippen molar-refractivity contribution in [1.82, 2.24) is 15.4 Å². The van der Waals surface area contributed by atoms with Crippen LogP contribution in [0.3, 0.4) is 0 Å². The van der Waals surface area contributed by atoms with Crippen molar-refractivity contribution in [3.8, 4) is 10.4 Å². The zero-order chi connectivity index (χ0) is 17.1. The van der Waals surface area contributed by atoms with E-state index in [1.54, 1.807) is 12.1 Å². The van der Waals surface area contributed by atoms with Gasteiger partial charge in [0.05, 0.1) is 22.7 Å². The lowest BCUT2D eigenvalue weighted by Crippen LogP contribution is -2.31. The Morgan fingerprint density at radius 1 is 1.33 bits per heavy atom. The van der Waals surface area contributed by atoms with E-state index in [-0.39, 0.29) is 18.1 Å². The summed E-state index contributed by atoms with van der Waals surface area (Å²) in [6.45, 7) is 1.54. The van der Waals surface area contributed by atoms with Crippen molar-refractivity contribution in [2.75, 3.05) is 5.43 Å². The van der Waals surface area contributed by atoms with Gasteiger partial charge in [-0.1, -0.05) is 12.1 Å². The van der Waals surface area contributed by atoms with Gasteiger partial charge in [0.25, 0.3) is 0 Å². The van der Waals surface area contributed by atoms with Crippen molar-refractivity contribution >= 4 is 33.3 Å². The summed E-state index contributed by atoms with van der Waals surface area (Å²) in [4.78, 5) is 20.9. The Bertz CT molecular complexity index is 864. The molecule has 2 aromatic heterocycles. The third-order valence-corrected chi connectivity index (χ3v) is 4.42. The van der Waals surface area contributed by atoms with Crippen molar-refractivity contribution < 1.29 is 14.3 Å². The number of thiophene rings is 1. The van der Waals surface area contributed by atoms with E-state index in [2.05, 4.69) is 20.8 Å². The van der Waals surface area contributed by atoms with E-state index in [4.69, 9.17) is 0 Å². The fourth-order valence-corrected chi connectivity index (χ4v) is 3.21. The highest BCUT2D eigenvalue weighted by molar-refractivity contribution is 7.22. The Labute approximate surface area is 141 Å². The number of carbonyl (C=O) groups excluding carboxylic acids is 1. The topological polar surface area (TPSA) is 87.1 Å². The van der Waals surface area contributed by atoms with Crippen LogP contribution >= 0.6 is 11.3 Å². The summed E-state index contributed by atoms with van der Waals surface area (Å²) in [5.74, 6) is -0.160. The average molecular weight is 346 g/mol. The first-order valence-corrected chi connectivity index (χ1v) is 8.08. The number of halogens is 1. The first-order chi connectivity index (χ1) is 11.5. The molecule has 8 heteroatoms. The number of nitrogens with zero attached hydrogens (tertiary/aromatic N) is 2. The van der Waals surface area contributed by atoms with Gasteiger partial charge in [0, 0.05) is 4.88 Å².